The molecule has 9 heteroatoms. The van der Waals surface area contributed by atoms with E-state index in [9.17, 15) is 14.9 Å². The van der Waals surface area contributed by atoms with Crippen LogP contribution in [-0.2, 0) is 13.6 Å². The van der Waals surface area contributed by atoms with Gasteiger partial charge in [0.15, 0.2) is 0 Å². The molecule has 8 nitrogen and oxygen atoms in total. The summed E-state index contributed by atoms with van der Waals surface area (Å²) >= 11 is 5.68. The zero-order valence-corrected chi connectivity index (χ0v) is 12.1. The minimum Gasteiger partial charge on any atom is -0.348 e. The van der Waals surface area contributed by atoms with Gasteiger partial charge in [-0.15, -0.1) is 0 Å². The van der Waals surface area contributed by atoms with Crippen LogP contribution in [0.4, 0.5) is 5.69 Å². The smallest absolute Gasteiger partial charge is 0.300 e. The van der Waals surface area contributed by atoms with E-state index < -0.39 is 10.8 Å². The minimum atomic E-state index is -0.673. The first-order chi connectivity index (χ1) is 9.90. The predicted octanol–water partition coefficient (Wildman–Crippen LogP) is 1.62. The van der Waals surface area contributed by atoms with Crippen molar-refractivity contribution >= 4 is 23.2 Å². The Bertz CT molecular complexity index is 713. The molecule has 0 aliphatic rings. The maximum absolute atomic E-state index is 12.1. The Balaban J connectivity index is 2.19. The van der Waals surface area contributed by atoms with Gasteiger partial charge in [0.2, 0.25) is 0 Å². The first kappa shape index (κ1) is 14.9. The van der Waals surface area contributed by atoms with Gasteiger partial charge in [0, 0.05) is 24.8 Å². The lowest BCUT2D eigenvalue weighted by molar-refractivity contribution is -0.385. The molecule has 0 aliphatic heterocycles. The van der Waals surface area contributed by atoms with E-state index in [1.807, 2.05) is 6.92 Å². The first-order valence-corrected chi connectivity index (χ1v) is 6.33. The SMILES string of the molecule is Cc1c(CNC(=O)c2cc(Cl)ncc2[N+](=O)[O-])cnn1C. The van der Waals surface area contributed by atoms with Crippen molar-refractivity contribution in [3.05, 3.63) is 50.5 Å². The van der Waals surface area contributed by atoms with Crippen molar-refractivity contribution in [2.45, 2.75) is 13.5 Å². The highest BCUT2D eigenvalue weighted by Crippen LogP contribution is 2.20. The molecule has 0 fully saturated rings. The van der Waals surface area contributed by atoms with Crippen LogP contribution in [0.3, 0.4) is 0 Å². The Labute approximate surface area is 124 Å². The van der Waals surface area contributed by atoms with Gasteiger partial charge in [-0.1, -0.05) is 11.6 Å². The molecule has 0 saturated heterocycles. The van der Waals surface area contributed by atoms with Gasteiger partial charge in [0.25, 0.3) is 11.6 Å². The monoisotopic (exact) mass is 309 g/mol. The second-order valence-corrected chi connectivity index (χ2v) is 4.73. The van der Waals surface area contributed by atoms with Gasteiger partial charge in [0.1, 0.15) is 16.9 Å². The van der Waals surface area contributed by atoms with Gasteiger partial charge in [-0.2, -0.15) is 5.10 Å². The summed E-state index contributed by atoms with van der Waals surface area (Å²) in [6.45, 7) is 2.08. The Hall–Kier alpha value is -2.48. The molecule has 0 unspecified atom stereocenters. The van der Waals surface area contributed by atoms with Gasteiger partial charge in [-0.3, -0.25) is 19.6 Å². The Morgan fingerprint density at radius 3 is 2.81 bits per heavy atom. The summed E-state index contributed by atoms with van der Waals surface area (Å²) < 4.78 is 1.67. The maximum atomic E-state index is 12.1. The molecule has 0 radical (unpaired) electrons. The molecule has 1 N–H and O–H groups in total. The van der Waals surface area contributed by atoms with Gasteiger partial charge < -0.3 is 5.32 Å². The standard InChI is InChI=1S/C12H12ClN5O3/c1-7-8(5-16-17(7)2)4-15-12(19)9-3-11(13)14-6-10(9)18(20)21/h3,5-6H,4H2,1-2H3,(H,15,19). The second-order valence-electron chi connectivity index (χ2n) is 4.34. The second kappa shape index (κ2) is 5.88. The molecule has 2 heterocycles. The summed E-state index contributed by atoms with van der Waals surface area (Å²) in [4.78, 5) is 25.9. The van der Waals surface area contributed by atoms with Crippen LogP contribution in [-0.4, -0.2) is 25.6 Å². The van der Waals surface area contributed by atoms with Gasteiger partial charge in [-0.05, 0) is 13.0 Å². The number of hydrogen-bond donors (Lipinski definition) is 1. The van der Waals surface area contributed by atoms with E-state index in [1.165, 1.54) is 6.07 Å². The summed E-state index contributed by atoms with van der Waals surface area (Å²) in [6.07, 6.45) is 2.59. The number of rotatable bonds is 4. The Kier molecular flexibility index (Phi) is 4.18. The molecule has 0 aromatic carbocycles. The Morgan fingerprint density at radius 1 is 1.52 bits per heavy atom. The maximum Gasteiger partial charge on any atom is 0.300 e. The lowest BCUT2D eigenvalue weighted by Gasteiger charge is -2.06. The molecule has 1 amide bonds. The number of aryl methyl sites for hydroxylation is 1. The number of amides is 1. The third-order valence-corrected chi connectivity index (χ3v) is 3.27. The molecule has 0 atom stereocenters. The quantitative estimate of drug-likeness (QED) is 0.525. The van der Waals surface area contributed by atoms with Crippen molar-refractivity contribution in [1.29, 1.82) is 0 Å². The van der Waals surface area contributed by atoms with Crippen LogP contribution in [0.1, 0.15) is 21.6 Å². The van der Waals surface area contributed by atoms with Crippen LogP contribution in [0.15, 0.2) is 18.5 Å². The molecule has 0 aliphatic carbocycles. The fraction of sp³-hybridized carbons (Fsp3) is 0.250. The van der Waals surface area contributed by atoms with E-state index in [2.05, 4.69) is 15.4 Å². The van der Waals surface area contributed by atoms with E-state index >= 15 is 0 Å². The molecule has 110 valence electrons. The molecule has 0 spiro atoms. The average molecular weight is 310 g/mol. The predicted molar refractivity (Wildman–Crippen MR) is 75.0 cm³/mol. The fourth-order valence-electron chi connectivity index (χ4n) is 1.74. The number of hydrogen-bond acceptors (Lipinski definition) is 5. The van der Waals surface area contributed by atoms with Crippen LogP contribution >= 0.6 is 11.6 Å². The van der Waals surface area contributed by atoms with Crippen LogP contribution in [0.25, 0.3) is 0 Å². The van der Waals surface area contributed by atoms with Crippen LogP contribution in [0.5, 0.6) is 0 Å². The van der Waals surface area contributed by atoms with E-state index in [1.54, 1.807) is 17.9 Å². The van der Waals surface area contributed by atoms with E-state index in [-0.39, 0.29) is 22.9 Å². The van der Waals surface area contributed by atoms with Crippen molar-refractivity contribution in [3.63, 3.8) is 0 Å². The molecule has 21 heavy (non-hydrogen) atoms. The highest BCUT2D eigenvalue weighted by Gasteiger charge is 2.21. The summed E-state index contributed by atoms with van der Waals surface area (Å²) in [6, 6.07) is 1.17. The number of pyridine rings is 1. The van der Waals surface area contributed by atoms with Crippen molar-refractivity contribution in [3.8, 4) is 0 Å². The first-order valence-electron chi connectivity index (χ1n) is 5.95. The molecule has 2 rings (SSSR count). The zero-order valence-electron chi connectivity index (χ0n) is 11.3. The van der Waals surface area contributed by atoms with Crippen molar-refractivity contribution in [2.75, 3.05) is 0 Å². The van der Waals surface area contributed by atoms with Crippen molar-refractivity contribution in [1.82, 2.24) is 20.1 Å². The highest BCUT2D eigenvalue weighted by atomic mass is 35.5. The Morgan fingerprint density at radius 2 is 2.24 bits per heavy atom. The number of carbonyl (C=O) groups excluding carboxylic acids is 1. The van der Waals surface area contributed by atoms with E-state index in [0.717, 1.165) is 17.5 Å². The number of halogens is 1. The van der Waals surface area contributed by atoms with Gasteiger partial charge >= 0.3 is 0 Å². The highest BCUT2D eigenvalue weighted by molar-refractivity contribution is 6.29. The van der Waals surface area contributed by atoms with Gasteiger partial charge in [-0.25, -0.2) is 4.98 Å². The molecule has 0 bridgehead atoms. The molecule has 2 aromatic rings. The van der Waals surface area contributed by atoms with E-state index in [0.29, 0.717) is 0 Å². The number of aromatic nitrogens is 3. The topological polar surface area (TPSA) is 103 Å². The number of nitrogens with one attached hydrogen (secondary N) is 1. The lowest BCUT2D eigenvalue weighted by atomic mass is 10.2. The molecule has 2 aromatic heterocycles. The molecular weight excluding hydrogens is 298 g/mol. The van der Waals surface area contributed by atoms with E-state index in [4.69, 9.17) is 11.6 Å². The third kappa shape index (κ3) is 3.16. The summed E-state index contributed by atoms with van der Waals surface area (Å²) in [5.41, 5.74) is 1.22. The molecular formula is C12H12ClN5O3. The summed E-state index contributed by atoms with van der Waals surface area (Å²) in [7, 11) is 1.79. The average Bonchev–Trinajstić information content (AvgIpc) is 2.75. The van der Waals surface area contributed by atoms with Crippen molar-refractivity contribution in [2.24, 2.45) is 7.05 Å². The third-order valence-electron chi connectivity index (χ3n) is 3.07. The van der Waals surface area contributed by atoms with Crippen LogP contribution in [0, 0.1) is 17.0 Å². The van der Waals surface area contributed by atoms with Crippen LogP contribution < -0.4 is 5.32 Å². The number of nitro groups is 1. The summed E-state index contributed by atoms with van der Waals surface area (Å²) in [5.74, 6) is -0.589. The number of carbonyl (C=O) groups is 1. The molecule has 0 saturated carbocycles. The van der Waals surface area contributed by atoms with Crippen molar-refractivity contribution < 1.29 is 9.72 Å². The summed E-state index contributed by atoms with van der Waals surface area (Å²) in [5, 5.41) is 17.6. The minimum absolute atomic E-state index is 0.0170. The zero-order chi connectivity index (χ0) is 15.6. The normalized spacial score (nSPS) is 10.4. The number of nitrogens with zero attached hydrogens (tertiary/aromatic N) is 4. The lowest BCUT2D eigenvalue weighted by Crippen LogP contribution is -2.24. The van der Waals surface area contributed by atoms with Crippen LogP contribution in [0.2, 0.25) is 5.15 Å². The fourth-order valence-corrected chi connectivity index (χ4v) is 1.90. The largest absolute Gasteiger partial charge is 0.348 e. The van der Waals surface area contributed by atoms with Gasteiger partial charge in [0.05, 0.1) is 11.1 Å².